The Labute approximate surface area is 104 Å². The Bertz CT molecular complexity index is 261. The van der Waals surface area contributed by atoms with Crippen LogP contribution in [-0.4, -0.2) is 12.0 Å². The number of hydrogen-bond donors (Lipinski definition) is 0. The van der Waals surface area contributed by atoms with Gasteiger partial charge in [0.05, 0.1) is 6.61 Å². The fraction of sp³-hybridized carbons (Fsp3) is 0.571. The average Bonchev–Trinajstić information content (AvgIpc) is 2.30. The Kier molecular flexibility index (Phi) is 7.07. The van der Waals surface area contributed by atoms with Gasteiger partial charge in [-0.05, 0) is 37.8 Å². The van der Waals surface area contributed by atoms with E-state index < -0.39 is 0 Å². The van der Waals surface area contributed by atoms with E-state index in [4.69, 9.17) is 16.3 Å². The summed E-state index contributed by atoms with van der Waals surface area (Å²) in [4.78, 5) is 0. The maximum atomic E-state index is 6.14. The minimum atomic E-state index is 0.349. The van der Waals surface area contributed by atoms with Crippen LogP contribution in [0.2, 0.25) is 0 Å². The number of ether oxygens (including phenoxy) is 1. The minimum absolute atomic E-state index is 0.349. The first-order chi connectivity index (χ1) is 7.83. The second-order valence-electron chi connectivity index (χ2n) is 4.04. The Hall–Kier alpha value is -0.690. The van der Waals surface area contributed by atoms with Gasteiger partial charge in [0.15, 0.2) is 0 Å². The average molecular weight is 241 g/mol. The van der Waals surface area contributed by atoms with Gasteiger partial charge in [-0.15, -0.1) is 11.6 Å². The van der Waals surface area contributed by atoms with Crippen LogP contribution in [0, 0.1) is 0 Å². The second kappa shape index (κ2) is 8.46. The van der Waals surface area contributed by atoms with E-state index in [0.717, 1.165) is 38.0 Å². The summed E-state index contributed by atoms with van der Waals surface area (Å²) in [5.41, 5.74) is 0. The molecule has 16 heavy (non-hydrogen) atoms. The lowest BCUT2D eigenvalue weighted by molar-refractivity contribution is 0.304. The molecule has 0 bridgehead atoms. The highest BCUT2D eigenvalue weighted by atomic mass is 35.5. The van der Waals surface area contributed by atoms with Gasteiger partial charge in [-0.1, -0.05) is 31.5 Å². The fourth-order valence-corrected chi connectivity index (χ4v) is 2.00. The molecule has 2 heteroatoms. The standard InChI is InChI=1S/C14H21ClO/c1-2-8-13(15)9-6-7-12-16-14-10-4-3-5-11-14/h3-5,10-11,13H,2,6-9,12H2,1H3. The molecule has 0 aliphatic rings. The van der Waals surface area contributed by atoms with Gasteiger partial charge in [-0.25, -0.2) is 0 Å². The van der Waals surface area contributed by atoms with E-state index in [2.05, 4.69) is 6.92 Å². The van der Waals surface area contributed by atoms with Crippen molar-refractivity contribution in [1.82, 2.24) is 0 Å². The van der Waals surface area contributed by atoms with Gasteiger partial charge >= 0.3 is 0 Å². The molecule has 0 radical (unpaired) electrons. The third kappa shape index (κ3) is 6.02. The van der Waals surface area contributed by atoms with Crippen LogP contribution in [0.4, 0.5) is 0 Å². The summed E-state index contributed by atoms with van der Waals surface area (Å²) in [6.45, 7) is 2.97. The summed E-state index contributed by atoms with van der Waals surface area (Å²) in [6.07, 6.45) is 5.64. The molecule has 0 fully saturated rings. The molecule has 0 spiro atoms. The lowest BCUT2D eigenvalue weighted by Crippen LogP contribution is -2.01. The van der Waals surface area contributed by atoms with Crippen LogP contribution in [0.25, 0.3) is 0 Å². The topological polar surface area (TPSA) is 9.23 Å². The molecule has 1 rings (SSSR count). The lowest BCUT2D eigenvalue weighted by Gasteiger charge is -2.08. The van der Waals surface area contributed by atoms with Gasteiger partial charge in [0.25, 0.3) is 0 Å². The molecule has 1 aromatic carbocycles. The first kappa shape index (κ1) is 13.4. The van der Waals surface area contributed by atoms with Crippen LogP contribution < -0.4 is 4.74 Å². The summed E-state index contributed by atoms with van der Waals surface area (Å²) >= 11 is 6.14. The predicted molar refractivity (Wildman–Crippen MR) is 70.3 cm³/mol. The van der Waals surface area contributed by atoms with Crippen molar-refractivity contribution in [3.05, 3.63) is 30.3 Å². The van der Waals surface area contributed by atoms with Crippen LogP contribution in [0.3, 0.4) is 0 Å². The Morgan fingerprint density at radius 1 is 1.12 bits per heavy atom. The van der Waals surface area contributed by atoms with E-state index in [1.807, 2.05) is 30.3 Å². The van der Waals surface area contributed by atoms with E-state index in [0.29, 0.717) is 5.38 Å². The molecule has 0 amide bonds. The van der Waals surface area contributed by atoms with Crippen LogP contribution >= 0.6 is 11.6 Å². The molecule has 1 aromatic rings. The maximum Gasteiger partial charge on any atom is 0.119 e. The van der Waals surface area contributed by atoms with Crippen molar-refractivity contribution in [3.63, 3.8) is 0 Å². The van der Waals surface area contributed by atoms with Crippen molar-refractivity contribution in [2.24, 2.45) is 0 Å². The number of unbranched alkanes of at least 4 members (excludes halogenated alkanes) is 1. The number of rotatable bonds is 8. The Balaban J connectivity index is 2.00. The number of hydrogen-bond acceptors (Lipinski definition) is 1. The van der Waals surface area contributed by atoms with Crippen molar-refractivity contribution in [2.45, 2.75) is 44.4 Å². The SMILES string of the molecule is CCCC(Cl)CCCCOc1ccccc1. The van der Waals surface area contributed by atoms with E-state index in [9.17, 15) is 0 Å². The number of halogens is 1. The molecule has 0 saturated heterocycles. The van der Waals surface area contributed by atoms with Gasteiger partial charge < -0.3 is 4.74 Å². The number of benzene rings is 1. The summed E-state index contributed by atoms with van der Waals surface area (Å²) in [5, 5.41) is 0.349. The molecular weight excluding hydrogens is 220 g/mol. The Morgan fingerprint density at radius 2 is 1.88 bits per heavy atom. The second-order valence-corrected chi connectivity index (χ2v) is 4.66. The quantitative estimate of drug-likeness (QED) is 0.475. The largest absolute Gasteiger partial charge is 0.494 e. The summed E-state index contributed by atoms with van der Waals surface area (Å²) in [6, 6.07) is 9.95. The molecule has 1 unspecified atom stereocenters. The number of para-hydroxylation sites is 1. The zero-order chi connectivity index (χ0) is 11.6. The first-order valence-electron chi connectivity index (χ1n) is 6.15. The van der Waals surface area contributed by atoms with E-state index in [1.165, 1.54) is 6.42 Å². The molecule has 0 N–H and O–H groups in total. The molecule has 0 heterocycles. The first-order valence-corrected chi connectivity index (χ1v) is 6.58. The third-order valence-electron chi connectivity index (χ3n) is 2.53. The fourth-order valence-electron chi connectivity index (χ4n) is 1.63. The van der Waals surface area contributed by atoms with Crippen LogP contribution in [0.5, 0.6) is 5.75 Å². The van der Waals surface area contributed by atoms with Crippen molar-refractivity contribution in [1.29, 1.82) is 0 Å². The summed E-state index contributed by atoms with van der Waals surface area (Å²) in [7, 11) is 0. The Morgan fingerprint density at radius 3 is 2.56 bits per heavy atom. The lowest BCUT2D eigenvalue weighted by atomic mass is 10.1. The van der Waals surface area contributed by atoms with Crippen molar-refractivity contribution < 1.29 is 4.74 Å². The van der Waals surface area contributed by atoms with Crippen LogP contribution in [0.1, 0.15) is 39.0 Å². The molecular formula is C14H21ClO. The summed E-state index contributed by atoms with van der Waals surface area (Å²) < 4.78 is 5.60. The van der Waals surface area contributed by atoms with Gasteiger partial charge in [-0.2, -0.15) is 0 Å². The summed E-state index contributed by atoms with van der Waals surface area (Å²) in [5.74, 6) is 0.957. The maximum absolute atomic E-state index is 6.14. The smallest absolute Gasteiger partial charge is 0.119 e. The monoisotopic (exact) mass is 240 g/mol. The third-order valence-corrected chi connectivity index (χ3v) is 2.96. The number of alkyl halides is 1. The zero-order valence-electron chi connectivity index (χ0n) is 9.99. The van der Waals surface area contributed by atoms with Crippen molar-refractivity contribution in [2.75, 3.05) is 6.61 Å². The van der Waals surface area contributed by atoms with Crippen LogP contribution in [0.15, 0.2) is 30.3 Å². The van der Waals surface area contributed by atoms with Gasteiger partial charge in [0.2, 0.25) is 0 Å². The molecule has 0 saturated carbocycles. The van der Waals surface area contributed by atoms with Gasteiger partial charge in [-0.3, -0.25) is 0 Å². The minimum Gasteiger partial charge on any atom is -0.494 e. The molecule has 1 nitrogen and oxygen atoms in total. The highest BCUT2D eigenvalue weighted by molar-refractivity contribution is 6.20. The van der Waals surface area contributed by atoms with E-state index in [1.54, 1.807) is 0 Å². The molecule has 90 valence electrons. The molecule has 0 aliphatic carbocycles. The molecule has 0 aromatic heterocycles. The highest BCUT2D eigenvalue weighted by Crippen LogP contribution is 2.14. The van der Waals surface area contributed by atoms with Crippen molar-refractivity contribution >= 4 is 11.6 Å². The van der Waals surface area contributed by atoms with Gasteiger partial charge in [0.1, 0.15) is 5.75 Å². The highest BCUT2D eigenvalue weighted by Gasteiger charge is 2.02. The van der Waals surface area contributed by atoms with E-state index >= 15 is 0 Å². The normalized spacial score (nSPS) is 12.4. The van der Waals surface area contributed by atoms with Gasteiger partial charge in [0, 0.05) is 5.38 Å². The van der Waals surface area contributed by atoms with E-state index in [-0.39, 0.29) is 0 Å². The molecule has 0 aliphatic heterocycles. The molecule has 1 atom stereocenters. The van der Waals surface area contributed by atoms with Crippen molar-refractivity contribution in [3.8, 4) is 5.75 Å². The predicted octanol–water partition coefficient (Wildman–Crippen LogP) is 4.64. The zero-order valence-corrected chi connectivity index (χ0v) is 10.7. The van der Waals surface area contributed by atoms with Crippen LogP contribution in [-0.2, 0) is 0 Å².